The van der Waals surface area contributed by atoms with Crippen LogP contribution in [0.15, 0.2) is 18.2 Å². The minimum atomic E-state index is -0.407. The number of methoxy groups -OCH3 is 1. The summed E-state index contributed by atoms with van der Waals surface area (Å²) in [6.45, 7) is 3.00. The van der Waals surface area contributed by atoms with Gasteiger partial charge in [0.15, 0.2) is 0 Å². The van der Waals surface area contributed by atoms with Gasteiger partial charge in [0.2, 0.25) is 0 Å². The average molecular weight is 222 g/mol. The SMILES string of the molecule is COc1cc([N+](=O)[O-])ccc1CN1CCC1. The molecule has 2 rings (SSSR count). The Balaban J connectivity index is 2.19. The van der Waals surface area contributed by atoms with Crippen LogP contribution in [0.2, 0.25) is 0 Å². The van der Waals surface area contributed by atoms with E-state index in [9.17, 15) is 10.1 Å². The number of hydrogen-bond donors (Lipinski definition) is 0. The Morgan fingerprint density at radius 3 is 2.75 bits per heavy atom. The molecule has 1 aliphatic heterocycles. The summed E-state index contributed by atoms with van der Waals surface area (Å²) in [6, 6.07) is 4.78. The van der Waals surface area contributed by atoms with Crippen molar-refractivity contribution in [3.05, 3.63) is 33.9 Å². The third-order valence-electron chi connectivity index (χ3n) is 2.82. The number of nitro groups is 1. The molecule has 0 atom stereocenters. The Morgan fingerprint density at radius 1 is 1.50 bits per heavy atom. The van der Waals surface area contributed by atoms with Gasteiger partial charge in [-0.05, 0) is 25.6 Å². The molecule has 1 saturated heterocycles. The monoisotopic (exact) mass is 222 g/mol. The minimum absolute atomic E-state index is 0.0733. The first-order valence-electron chi connectivity index (χ1n) is 5.24. The smallest absolute Gasteiger partial charge is 0.273 e. The number of ether oxygens (including phenoxy) is 1. The molecule has 0 aromatic heterocycles. The molecular weight excluding hydrogens is 208 g/mol. The van der Waals surface area contributed by atoms with Crippen LogP contribution in [0, 0.1) is 10.1 Å². The second-order valence-electron chi connectivity index (χ2n) is 3.88. The lowest BCUT2D eigenvalue weighted by molar-refractivity contribution is -0.384. The molecule has 0 radical (unpaired) electrons. The second kappa shape index (κ2) is 4.49. The molecule has 1 aliphatic rings. The van der Waals surface area contributed by atoms with E-state index in [0.717, 1.165) is 25.2 Å². The van der Waals surface area contributed by atoms with Crippen molar-refractivity contribution in [1.82, 2.24) is 4.90 Å². The molecule has 0 saturated carbocycles. The summed E-state index contributed by atoms with van der Waals surface area (Å²) >= 11 is 0. The van der Waals surface area contributed by atoms with Crippen molar-refractivity contribution >= 4 is 5.69 Å². The van der Waals surface area contributed by atoms with Crippen molar-refractivity contribution in [3.8, 4) is 5.75 Å². The number of likely N-dealkylation sites (tertiary alicyclic amines) is 1. The number of non-ortho nitro benzene ring substituents is 1. The van der Waals surface area contributed by atoms with Crippen LogP contribution in [0.25, 0.3) is 0 Å². The van der Waals surface area contributed by atoms with E-state index < -0.39 is 4.92 Å². The second-order valence-corrected chi connectivity index (χ2v) is 3.88. The quantitative estimate of drug-likeness (QED) is 0.576. The highest BCUT2D eigenvalue weighted by atomic mass is 16.6. The lowest BCUT2D eigenvalue weighted by Crippen LogP contribution is -2.36. The summed E-state index contributed by atoms with van der Waals surface area (Å²) < 4.78 is 5.17. The van der Waals surface area contributed by atoms with Gasteiger partial charge in [0, 0.05) is 18.2 Å². The fourth-order valence-corrected chi connectivity index (χ4v) is 1.76. The van der Waals surface area contributed by atoms with Crippen molar-refractivity contribution in [2.24, 2.45) is 0 Å². The topological polar surface area (TPSA) is 55.6 Å². The van der Waals surface area contributed by atoms with Crippen LogP contribution < -0.4 is 4.74 Å². The van der Waals surface area contributed by atoms with Gasteiger partial charge in [-0.25, -0.2) is 0 Å². The summed E-state index contributed by atoms with van der Waals surface area (Å²) in [4.78, 5) is 12.5. The highest BCUT2D eigenvalue weighted by molar-refractivity contribution is 5.44. The predicted molar refractivity (Wildman–Crippen MR) is 59.5 cm³/mol. The largest absolute Gasteiger partial charge is 0.496 e. The molecule has 0 N–H and O–H groups in total. The van der Waals surface area contributed by atoms with Gasteiger partial charge in [0.1, 0.15) is 5.75 Å². The van der Waals surface area contributed by atoms with E-state index in [4.69, 9.17) is 4.74 Å². The molecule has 1 aromatic rings. The summed E-state index contributed by atoms with van der Waals surface area (Å²) in [7, 11) is 1.54. The van der Waals surface area contributed by atoms with Crippen LogP contribution in [0.3, 0.4) is 0 Å². The summed E-state index contributed by atoms with van der Waals surface area (Å²) in [6.07, 6.45) is 1.23. The van der Waals surface area contributed by atoms with Crippen LogP contribution in [0.1, 0.15) is 12.0 Å². The normalized spacial score (nSPS) is 15.6. The molecule has 16 heavy (non-hydrogen) atoms. The Bertz CT molecular complexity index is 402. The highest BCUT2D eigenvalue weighted by Crippen LogP contribution is 2.26. The van der Waals surface area contributed by atoms with Gasteiger partial charge in [0.05, 0.1) is 18.1 Å². The van der Waals surface area contributed by atoms with E-state index in [1.54, 1.807) is 13.2 Å². The number of nitrogens with zero attached hydrogens (tertiary/aromatic N) is 2. The Hall–Kier alpha value is -1.62. The third kappa shape index (κ3) is 2.14. The fraction of sp³-hybridized carbons (Fsp3) is 0.455. The lowest BCUT2D eigenvalue weighted by Gasteiger charge is -2.31. The molecule has 1 fully saturated rings. The standard InChI is InChI=1S/C11H14N2O3/c1-16-11-7-10(13(14)15)4-3-9(11)8-12-5-2-6-12/h3-4,7H,2,5-6,8H2,1H3. The first-order chi connectivity index (χ1) is 7.70. The molecule has 5 heteroatoms. The first-order valence-corrected chi connectivity index (χ1v) is 5.24. The van der Waals surface area contributed by atoms with Crippen molar-refractivity contribution in [2.45, 2.75) is 13.0 Å². The van der Waals surface area contributed by atoms with Crippen LogP contribution >= 0.6 is 0 Å². The van der Waals surface area contributed by atoms with Crippen LogP contribution in [0.5, 0.6) is 5.75 Å². The first kappa shape index (κ1) is 10.9. The number of benzene rings is 1. The summed E-state index contributed by atoms with van der Waals surface area (Å²) in [5.74, 6) is 0.598. The van der Waals surface area contributed by atoms with Gasteiger partial charge in [-0.1, -0.05) is 0 Å². The molecule has 0 unspecified atom stereocenters. The molecule has 1 heterocycles. The van der Waals surface area contributed by atoms with Gasteiger partial charge >= 0.3 is 0 Å². The van der Waals surface area contributed by atoms with Gasteiger partial charge in [0.25, 0.3) is 5.69 Å². The fourth-order valence-electron chi connectivity index (χ4n) is 1.76. The molecule has 0 aliphatic carbocycles. The Kier molecular flexibility index (Phi) is 3.05. The molecule has 1 aromatic carbocycles. The highest BCUT2D eigenvalue weighted by Gasteiger charge is 2.17. The van der Waals surface area contributed by atoms with E-state index in [2.05, 4.69) is 4.90 Å². The van der Waals surface area contributed by atoms with Crippen LogP contribution in [-0.4, -0.2) is 30.0 Å². The van der Waals surface area contributed by atoms with Gasteiger partial charge in [-0.2, -0.15) is 0 Å². The number of rotatable bonds is 4. The molecule has 0 spiro atoms. The van der Waals surface area contributed by atoms with Crippen LogP contribution in [-0.2, 0) is 6.54 Å². The minimum Gasteiger partial charge on any atom is -0.496 e. The van der Waals surface area contributed by atoms with E-state index in [1.807, 2.05) is 0 Å². The average Bonchev–Trinajstić information content (AvgIpc) is 2.23. The van der Waals surface area contributed by atoms with E-state index in [-0.39, 0.29) is 5.69 Å². The van der Waals surface area contributed by atoms with Crippen molar-refractivity contribution in [2.75, 3.05) is 20.2 Å². The maximum atomic E-state index is 10.6. The van der Waals surface area contributed by atoms with Crippen molar-refractivity contribution in [1.29, 1.82) is 0 Å². The predicted octanol–water partition coefficient (Wildman–Crippen LogP) is 1.81. The number of nitro benzene ring substituents is 1. The summed E-state index contributed by atoms with van der Waals surface area (Å²) in [5.41, 5.74) is 1.08. The zero-order valence-electron chi connectivity index (χ0n) is 9.18. The molecule has 86 valence electrons. The van der Waals surface area contributed by atoms with Gasteiger partial charge in [-0.3, -0.25) is 15.0 Å². The Labute approximate surface area is 93.8 Å². The maximum Gasteiger partial charge on any atom is 0.273 e. The van der Waals surface area contributed by atoms with Crippen molar-refractivity contribution in [3.63, 3.8) is 0 Å². The van der Waals surface area contributed by atoms with E-state index >= 15 is 0 Å². The molecule has 0 amide bonds. The van der Waals surface area contributed by atoms with Gasteiger partial charge in [-0.15, -0.1) is 0 Å². The van der Waals surface area contributed by atoms with Crippen molar-refractivity contribution < 1.29 is 9.66 Å². The molecular formula is C11H14N2O3. The third-order valence-corrected chi connectivity index (χ3v) is 2.82. The number of hydrogen-bond acceptors (Lipinski definition) is 4. The molecule has 0 bridgehead atoms. The Morgan fingerprint density at radius 2 is 2.25 bits per heavy atom. The zero-order valence-corrected chi connectivity index (χ0v) is 9.18. The molecule has 5 nitrogen and oxygen atoms in total. The summed E-state index contributed by atoms with van der Waals surface area (Å²) in [5, 5.41) is 10.6. The van der Waals surface area contributed by atoms with E-state index in [1.165, 1.54) is 18.6 Å². The zero-order chi connectivity index (χ0) is 11.5. The lowest BCUT2D eigenvalue weighted by atomic mass is 10.1. The van der Waals surface area contributed by atoms with Gasteiger partial charge < -0.3 is 4.74 Å². The maximum absolute atomic E-state index is 10.6. The van der Waals surface area contributed by atoms with E-state index in [0.29, 0.717) is 5.75 Å². The van der Waals surface area contributed by atoms with Crippen LogP contribution in [0.4, 0.5) is 5.69 Å².